The Morgan fingerprint density at radius 1 is 1.43 bits per heavy atom. The zero-order valence-electron chi connectivity index (χ0n) is 11.9. The minimum Gasteiger partial charge on any atom is -0.419 e. The van der Waals surface area contributed by atoms with Gasteiger partial charge in [-0.05, 0) is 37.9 Å². The third kappa shape index (κ3) is 3.26. The summed E-state index contributed by atoms with van der Waals surface area (Å²) >= 11 is 6.13. The van der Waals surface area contributed by atoms with Crippen molar-refractivity contribution in [1.82, 2.24) is 15.1 Å². The van der Waals surface area contributed by atoms with Gasteiger partial charge in [0.15, 0.2) is 0 Å². The summed E-state index contributed by atoms with van der Waals surface area (Å²) in [6, 6.07) is 7.41. The van der Waals surface area contributed by atoms with Crippen LogP contribution in [0, 0.1) is 5.92 Å². The monoisotopic (exact) mass is 307 g/mol. The van der Waals surface area contributed by atoms with Gasteiger partial charge in [-0.25, -0.2) is 0 Å². The first kappa shape index (κ1) is 14.5. The molecule has 1 fully saturated rings. The summed E-state index contributed by atoms with van der Waals surface area (Å²) in [6.07, 6.45) is 0.736. The van der Waals surface area contributed by atoms with Crippen LogP contribution in [0.3, 0.4) is 0 Å². The van der Waals surface area contributed by atoms with Crippen LogP contribution in [0.1, 0.15) is 19.2 Å². The van der Waals surface area contributed by atoms with Crippen LogP contribution < -0.4 is 0 Å². The van der Waals surface area contributed by atoms with Crippen molar-refractivity contribution in [3.63, 3.8) is 0 Å². The van der Waals surface area contributed by atoms with Gasteiger partial charge < -0.3 is 9.52 Å². The molecule has 1 aliphatic rings. The molecule has 1 saturated heterocycles. The first-order valence-corrected chi connectivity index (χ1v) is 7.49. The Morgan fingerprint density at radius 2 is 2.24 bits per heavy atom. The van der Waals surface area contributed by atoms with E-state index in [1.807, 2.05) is 25.1 Å². The number of nitrogens with zero attached hydrogens (tertiary/aromatic N) is 3. The highest BCUT2D eigenvalue weighted by Crippen LogP contribution is 2.27. The molecule has 0 radical (unpaired) electrons. The Labute approximate surface area is 128 Å². The lowest BCUT2D eigenvalue weighted by Crippen LogP contribution is -2.24. The number of benzene rings is 1. The molecule has 5 nitrogen and oxygen atoms in total. The van der Waals surface area contributed by atoms with Crippen molar-refractivity contribution < 1.29 is 9.52 Å². The van der Waals surface area contributed by atoms with Crippen molar-refractivity contribution in [1.29, 1.82) is 0 Å². The van der Waals surface area contributed by atoms with Crippen LogP contribution in [0.4, 0.5) is 0 Å². The third-order valence-electron chi connectivity index (χ3n) is 3.92. The topological polar surface area (TPSA) is 62.4 Å². The molecule has 112 valence electrons. The average molecular weight is 308 g/mol. The summed E-state index contributed by atoms with van der Waals surface area (Å²) in [5.41, 5.74) is 0.751. The Bertz CT molecular complexity index is 614. The van der Waals surface area contributed by atoms with Crippen molar-refractivity contribution in [2.75, 3.05) is 13.1 Å². The fourth-order valence-electron chi connectivity index (χ4n) is 2.65. The molecule has 0 bridgehead atoms. The van der Waals surface area contributed by atoms with Gasteiger partial charge in [-0.2, -0.15) is 0 Å². The highest BCUT2D eigenvalue weighted by atomic mass is 35.5. The fraction of sp³-hybridized carbons (Fsp3) is 0.467. The second kappa shape index (κ2) is 6.13. The van der Waals surface area contributed by atoms with E-state index >= 15 is 0 Å². The molecule has 21 heavy (non-hydrogen) atoms. The lowest BCUT2D eigenvalue weighted by molar-refractivity contribution is 0.126. The molecule has 0 spiro atoms. The van der Waals surface area contributed by atoms with Gasteiger partial charge in [0.25, 0.3) is 0 Å². The Balaban J connectivity index is 1.68. The van der Waals surface area contributed by atoms with Crippen molar-refractivity contribution >= 4 is 11.6 Å². The van der Waals surface area contributed by atoms with Crippen molar-refractivity contribution in [2.24, 2.45) is 5.92 Å². The molecule has 0 saturated carbocycles. The van der Waals surface area contributed by atoms with Gasteiger partial charge in [0.1, 0.15) is 0 Å². The largest absolute Gasteiger partial charge is 0.419 e. The number of aromatic nitrogens is 2. The van der Waals surface area contributed by atoms with E-state index in [4.69, 9.17) is 16.0 Å². The summed E-state index contributed by atoms with van der Waals surface area (Å²) in [5, 5.41) is 18.4. The van der Waals surface area contributed by atoms with E-state index in [1.165, 1.54) is 0 Å². The van der Waals surface area contributed by atoms with Crippen molar-refractivity contribution in [3.05, 3.63) is 35.2 Å². The van der Waals surface area contributed by atoms with Crippen LogP contribution in [-0.4, -0.2) is 39.4 Å². The number of hydrogen-bond acceptors (Lipinski definition) is 5. The molecule has 2 heterocycles. The van der Waals surface area contributed by atoms with E-state index in [9.17, 15) is 5.11 Å². The van der Waals surface area contributed by atoms with E-state index in [2.05, 4.69) is 15.1 Å². The Hall–Kier alpha value is -1.43. The summed E-state index contributed by atoms with van der Waals surface area (Å²) < 4.78 is 5.70. The number of halogens is 1. The SMILES string of the molecule is CC(O)C1CCN(Cc2nnc(-c3ccccc3Cl)o2)C1. The van der Waals surface area contributed by atoms with Gasteiger partial charge in [-0.3, -0.25) is 4.90 Å². The first-order chi connectivity index (χ1) is 10.1. The molecular formula is C15H18ClN3O2. The molecule has 6 heteroatoms. The van der Waals surface area contributed by atoms with Gasteiger partial charge in [0.05, 0.1) is 23.2 Å². The molecule has 0 amide bonds. The molecule has 0 aliphatic carbocycles. The minimum atomic E-state index is -0.267. The van der Waals surface area contributed by atoms with Crippen LogP contribution >= 0.6 is 11.6 Å². The zero-order valence-corrected chi connectivity index (χ0v) is 12.6. The Kier molecular flexibility index (Phi) is 4.24. The van der Waals surface area contributed by atoms with Gasteiger partial charge in [0.2, 0.25) is 11.8 Å². The van der Waals surface area contributed by atoms with Gasteiger partial charge in [0, 0.05) is 6.54 Å². The quantitative estimate of drug-likeness (QED) is 0.940. The Morgan fingerprint density at radius 3 is 2.95 bits per heavy atom. The number of rotatable bonds is 4. The van der Waals surface area contributed by atoms with Crippen LogP contribution in [0.2, 0.25) is 5.02 Å². The van der Waals surface area contributed by atoms with Gasteiger partial charge >= 0.3 is 0 Å². The second-order valence-corrected chi connectivity index (χ2v) is 5.91. The predicted octanol–water partition coefficient (Wildman–Crippen LogP) is 2.59. The van der Waals surface area contributed by atoms with E-state index in [0.29, 0.717) is 29.3 Å². The van der Waals surface area contributed by atoms with E-state index in [-0.39, 0.29) is 6.10 Å². The molecule has 1 aliphatic heterocycles. The highest BCUT2D eigenvalue weighted by Gasteiger charge is 2.27. The summed E-state index contributed by atoms with van der Waals surface area (Å²) in [4.78, 5) is 2.22. The predicted molar refractivity (Wildman–Crippen MR) is 79.8 cm³/mol. The zero-order chi connectivity index (χ0) is 14.8. The third-order valence-corrected chi connectivity index (χ3v) is 4.25. The number of aliphatic hydroxyl groups excluding tert-OH is 1. The lowest BCUT2D eigenvalue weighted by atomic mass is 10.0. The molecule has 1 aromatic heterocycles. The molecule has 3 rings (SSSR count). The number of hydrogen-bond donors (Lipinski definition) is 1. The van der Waals surface area contributed by atoms with E-state index in [1.54, 1.807) is 6.07 Å². The van der Waals surface area contributed by atoms with E-state index < -0.39 is 0 Å². The molecular weight excluding hydrogens is 290 g/mol. The summed E-state index contributed by atoms with van der Waals surface area (Å²) in [7, 11) is 0. The van der Waals surface area contributed by atoms with E-state index in [0.717, 1.165) is 25.1 Å². The van der Waals surface area contributed by atoms with Gasteiger partial charge in [-0.1, -0.05) is 23.7 Å². The smallest absolute Gasteiger partial charge is 0.249 e. The van der Waals surface area contributed by atoms with Crippen LogP contribution in [0.5, 0.6) is 0 Å². The van der Waals surface area contributed by atoms with Crippen LogP contribution in [0.25, 0.3) is 11.5 Å². The molecule has 1 N–H and O–H groups in total. The lowest BCUT2D eigenvalue weighted by Gasteiger charge is -2.15. The number of aliphatic hydroxyl groups is 1. The minimum absolute atomic E-state index is 0.267. The molecule has 1 aromatic carbocycles. The first-order valence-electron chi connectivity index (χ1n) is 7.11. The van der Waals surface area contributed by atoms with Crippen LogP contribution in [-0.2, 0) is 6.54 Å². The summed E-state index contributed by atoms with van der Waals surface area (Å²) in [5.74, 6) is 1.36. The maximum absolute atomic E-state index is 9.63. The van der Waals surface area contributed by atoms with Crippen LogP contribution in [0.15, 0.2) is 28.7 Å². The second-order valence-electron chi connectivity index (χ2n) is 5.51. The molecule has 2 atom stereocenters. The summed E-state index contributed by atoms with van der Waals surface area (Å²) in [6.45, 7) is 4.26. The maximum atomic E-state index is 9.63. The average Bonchev–Trinajstić information content (AvgIpc) is 3.09. The molecule has 2 aromatic rings. The maximum Gasteiger partial charge on any atom is 0.249 e. The van der Waals surface area contributed by atoms with Crippen molar-refractivity contribution in [3.8, 4) is 11.5 Å². The van der Waals surface area contributed by atoms with Crippen molar-refractivity contribution in [2.45, 2.75) is 26.0 Å². The fourth-order valence-corrected chi connectivity index (χ4v) is 2.87. The molecule has 2 unspecified atom stereocenters. The standard InChI is InChI=1S/C15H18ClN3O2/c1-10(20)11-6-7-19(8-11)9-14-17-18-15(21-14)12-4-2-3-5-13(12)16/h2-5,10-11,20H,6-9H2,1H3. The highest BCUT2D eigenvalue weighted by molar-refractivity contribution is 6.33. The van der Waals surface area contributed by atoms with Gasteiger partial charge in [-0.15, -0.1) is 10.2 Å². The normalized spacial score (nSPS) is 20.8. The number of likely N-dealkylation sites (tertiary alicyclic amines) is 1.